The van der Waals surface area contributed by atoms with E-state index in [1.54, 1.807) is 0 Å². The van der Waals surface area contributed by atoms with Gasteiger partial charge in [-0.2, -0.15) is 0 Å². The number of aliphatic hydroxyl groups is 5. The smallest absolute Gasteiger partial charge is 0.457 e. The number of hydrogen-bond donors (Lipinski definition) is 6. The van der Waals surface area contributed by atoms with E-state index in [0.717, 1.165) is 122 Å². The number of phosphoric acid groups is 1. The van der Waals surface area contributed by atoms with Crippen LogP contribution in [0.2, 0.25) is 0 Å². The maximum absolute atomic E-state index is 12.8. The Morgan fingerprint density at radius 1 is 0.508 bits per heavy atom. The topological polar surface area (TPSA) is 192 Å². The molecule has 13 heteroatoms. The largest absolute Gasteiger partial charge is 0.472 e. The fraction of sp³-hybridized carbons (Fsp3) is 0.712. The van der Waals surface area contributed by atoms with Gasteiger partial charge in [0.1, 0.15) is 42.7 Å². The molecule has 0 saturated heterocycles. The maximum Gasteiger partial charge on any atom is 0.472 e. The van der Waals surface area contributed by atoms with Crippen LogP contribution in [-0.2, 0) is 27.9 Å². The molecule has 0 radical (unpaired) electrons. The lowest BCUT2D eigenvalue weighted by molar-refractivity contribution is -0.220. The molecule has 1 aliphatic rings. The van der Waals surface area contributed by atoms with Gasteiger partial charge in [-0.25, -0.2) is 4.57 Å². The van der Waals surface area contributed by atoms with Crippen molar-refractivity contribution in [3.63, 3.8) is 0 Å². The third-order valence-electron chi connectivity index (χ3n) is 11.0. The van der Waals surface area contributed by atoms with Gasteiger partial charge in [-0.15, -0.1) is 0 Å². The molecule has 6 unspecified atom stereocenters. The van der Waals surface area contributed by atoms with E-state index in [4.69, 9.17) is 18.5 Å². The molecule has 0 amide bonds. The zero-order valence-corrected chi connectivity index (χ0v) is 40.9. The second kappa shape index (κ2) is 41.7. The van der Waals surface area contributed by atoms with Crippen LogP contribution < -0.4 is 0 Å². The van der Waals surface area contributed by atoms with Crippen molar-refractivity contribution < 1.29 is 58.3 Å². The molecule has 0 aromatic carbocycles. The highest BCUT2D eigenvalue weighted by Gasteiger charge is 2.51. The Kier molecular flexibility index (Phi) is 38.8. The fourth-order valence-electron chi connectivity index (χ4n) is 7.06. The minimum absolute atomic E-state index is 0.0977. The highest BCUT2D eigenvalue weighted by atomic mass is 31.2. The summed E-state index contributed by atoms with van der Waals surface area (Å²) in [6, 6.07) is 0. The normalized spacial score (nSPS) is 22.3. The zero-order chi connectivity index (χ0) is 47.6. The van der Waals surface area contributed by atoms with E-state index in [9.17, 15) is 39.8 Å². The van der Waals surface area contributed by atoms with Crippen molar-refractivity contribution in [3.8, 4) is 0 Å². The van der Waals surface area contributed by atoms with Gasteiger partial charge < -0.3 is 39.9 Å². The Hall–Kier alpha value is -2.48. The second-order valence-corrected chi connectivity index (χ2v) is 18.3. The summed E-state index contributed by atoms with van der Waals surface area (Å²) in [5, 5.41) is 50.3. The van der Waals surface area contributed by atoms with Gasteiger partial charge in [0, 0.05) is 13.0 Å². The van der Waals surface area contributed by atoms with Crippen molar-refractivity contribution in [2.24, 2.45) is 0 Å². The lowest BCUT2D eigenvalue weighted by Crippen LogP contribution is -2.64. The van der Waals surface area contributed by atoms with E-state index in [1.807, 2.05) is 0 Å². The summed E-state index contributed by atoms with van der Waals surface area (Å²) in [5.74, 6) is -0.500. The molecule has 6 atom stereocenters. The lowest BCUT2D eigenvalue weighted by atomic mass is 9.85. The number of rotatable bonds is 41. The predicted molar refractivity (Wildman–Crippen MR) is 262 cm³/mol. The van der Waals surface area contributed by atoms with Gasteiger partial charge in [-0.05, 0) is 89.9 Å². The van der Waals surface area contributed by atoms with Crippen LogP contribution in [0.3, 0.4) is 0 Å². The van der Waals surface area contributed by atoms with E-state index in [-0.39, 0.29) is 13.0 Å². The molecule has 0 aromatic heterocycles. The molecule has 1 rings (SSSR count). The van der Waals surface area contributed by atoms with Gasteiger partial charge >= 0.3 is 13.8 Å². The molecule has 12 nitrogen and oxygen atoms in total. The van der Waals surface area contributed by atoms with Gasteiger partial charge in [-0.1, -0.05) is 163 Å². The summed E-state index contributed by atoms with van der Waals surface area (Å²) < 4.78 is 34.2. The Balaban J connectivity index is 2.39. The first-order valence-electron chi connectivity index (χ1n) is 24.9. The molecule has 0 aromatic rings. The average Bonchev–Trinajstić information content (AvgIpc) is 3.29. The summed E-state index contributed by atoms with van der Waals surface area (Å²) in [7, 11) is -5.04. The number of hydrogen-bond acceptors (Lipinski definition) is 11. The van der Waals surface area contributed by atoms with E-state index in [2.05, 4.69) is 98.9 Å². The first kappa shape index (κ1) is 60.5. The molecule has 374 valence electrons. The number of unbranched alkanes of at least 4 members (excludes halogenated alkanes) is 15. The molecule has 0 heterocycles. The standard InChI is InChI=1S/C52H89O12P/c1-3-5-7-9-11-13-15-17-19-21-22-23-24-25-26-28-30-32-34-36-38-40-42-61-43-45(44-62-65(59,60)64-52-50(57)48(55)47(54)49(56)51(52)58)63-46(53)41-39-37-35-33-31-29-27-20-18-16-14-12-10-8-6-4-2/h5,7,11,13-14,16-17,19-20,22-23,25-27,45,47-52,54-58H,3-4,6,8-10,12,15,18,21,24,28-44H2,1-2H3,(H,59,60)/b7-5-,13-11-,16-14-,19-17-,23-22-,26-25-,27-20-. The SMILES string of the molecule is CC/C=C\C/C=C\C/C=C\C/C=C\C/C=C\CCCCCCCCOCC(COP(=O)(O)OC1C(O)C(O)C(O)C(O)C1O)OC(=O)CCCCCCC/C=C\C/C=C\CCCCCC. The summed E-state index contributed by atoms with van der Waals surface area (Å²) >= 11 is 0. The number of ether oxygens (including phenoxy) is 2. The van der Waals surface area contributed by atoms with Crippen LogP contribution in [0.4, 0.5) is 0 Å². The lowest BCUT2D eigenvalue weighted by Gasteiger charge is -2.41. The van der Waals surface area contributed by atoms with Crippen molar-refractivity contribution in [2.45, 2.75) is 217 Å². The van der Waals surface area contributed by atoms with Crippen LogP contribution in [0.1, 0.15) is 174 Å². The van der Waals surface area contributed by atoms with Crippen LogP contribution in [0, 0.1) is 0 Å². The van der Waals surface area contributed by atoms with E-state index in [1.165, 1.54) is 25.7 Å². The van der Waals surface area contributed by atoms with Gasteiger partial charge in [0.25, 0.3) is 0 Å². The number of aliphatic hydroxyl groups excluding tert-OH is 5. The summed E-state index contributed by atoms with van der Waals surface area (Å²) in [6.45, 7) is 4.07. The summed E-state index contributed by atoms with van der Waals surface area (Å²) in [5.41, 5.74) is 0. The van der Waals surface area contributed by atoms with Crippen molar-refractivity contribution in [2.75, 3.05) is 19.8 Å². The van der Waals surface area contributed by atoms with Crippen LogP contribution >= 0.6 is 7.82 Å². The molecular formula is C52H89O12P. The van der Waals surface area contributed by atoms with Crippen LogP contribution in [0.15, 0.2) is 85.1 Å². The van der Waals surface area contributed by atoms with Crippen molar-refractivity contribution in [3.05, 3.63) is 85.1 Å². The molecule has 1 fully saturated rings. The summed E-state index contributed by atoms with van der Waals surface area (Å²) in [6.07, 6.45) is 43.6. The first-order chi connectivity index (χ1) is 31.5. The summed E-state index contributed by atoms with van der Waals surface area (Å²) in [4.78, 5) is 23.2. The number of carbonyl (C=O) groups is 1. The van der Waals surface area contributed by atoms with Gasteiger partial charge in [-0.3, -0.25) is 13.8 Å². The number of phosphoric ester groups is 1. The number of esters is 1. The molecule has 0 spiro atoms. The quantitative estimate of drug-likeness (QED) is 0.0147. The highest BCUT2D eigenvalue weighted by molar-refractivity contribution is 7.47. The maximum atomic E-state index is 12.8. The Bertz CT molecular complexity index is 1390. The van der Waals surface area contributed by atoms with Crippen LogP contribution in [0.5, 0.6) is 0 Å². The highest BCUT2D eigenvalue weighted by Crippen LogP contribution is 2.47. The molecule has 65 heavy (non-hydrogen) atoms. The minimum Gasteiger partial charge on any atom is -0.457 e. The van der Waals surface area contributed by atoms with Gasteiger partial charge in [0.2, 0.25) is 0 Å². The minimum atomic E-state index is -5.04. The third-order valence-corrected chi connectivity index (χ3v) is 12.0. The predicted octanol–water partition coefficient (Wildman–Crippen LogP) is 10.9. The van der Waals surface area contributed by atoms with E-state index in [0.29, 0.717) is 13.0 Å². The van der Waals surface area contributed by atoms with Crippen LogP contribution in [-0.4, -0.2) is 98.9 Å². The Morgan fingerprint density at radius 3 is 1.38 bits per heavy atom. The van der Waals surface area contributed by atoms with Crippen molar-refractivity contribution >= 4 is 13.8 Å². The first-order valence-corrected chi connectivity index (χ1v) is 26.4. The third kappa shape index (κ3) is 33.6. The monoisotopic (exact) mass is 937 g/mol. The van der Waals surface area contributed by atoms with Crippen LogP contribution in [0.25, 0.3) is 0 Å². The van der Waals surface area contributed by atoms with Gasteiger partial charge in [0.05, 0.1) is 13.2 Å². The van der Waals surface area contributed by atoms with Gasteiger partial charge in [0.15, 0.2) is 0 Å². The van der Waals surface area contributed by atoms with E-state index < -0.39 is 63.1 Å². The number of allylic oxidation sites excluding steroid dienone is 14. The van der Waals surface area contributed by atoms with E-state index >= 15 is 0 Å². The van der Waals surface area contributed by atoms with Crippen molar-refractivity contribution in [1.29, 1.82) is 0 Å². The zero-order valence-electron chi connectivity index (χ0n) is 40.0. The molecular weight excluding hydrogens is 848 g/mol. The number of carbonyl (C=O) groups excluding carboxylic acids is 1. The average molecular weight is 937 g/mol. The Labute approximate surface area is 392 Å². The Morgan fingerprint density at radius 2 is 0.908 bits per heavy atom. The second-order valence-electron chi connectivity index (χ2n) is 16.9. The van der Waals surface area contributed by atoms with Crippen molar-refractivity contribution in [1.82, 2.24) is 0 Å². The molecule has 0 bridgehead atoms. The molecule has 1 saturated carbocycles. The fourth-order valence-corrected chi connectivity index (χ4v) is 8.03. The molecule has 6 N–H and O–H groups in total. The molecule has 1 aliphatic carbocycles. The molecule has 0 aliphatic heterocycles.